The second-order valence-electron chi connectivity index (χ2n) is 21.2. The summed E-state index contributed by atoms with van der Waals surface area (Å²) in [4.78, 5) is 39.8. The maximum absolute atomic E-state index is 13.5. The standard InChI is InChI=1S/C57H113N2O7P/c1-7-10-13-16-19-22-25-28-30-32-35-38-41-44-47-50-57(61)66-55(48-45-42-39-36-33-27-24-21-18-15-12-9-3)54(53-65-67(62,63)64-52-51-59(4,5)6)58-56(60)49-46-43-40-37-34-31-29-26-23-20-17-14-11-8-2/h45,48,54-55H,7-44,46-47,49-53H2,1-6H3,(H-,58,60,62,63)/b48-45+. The van der Waals surface area contributed by atoms with Crippen LogP contribution in [-0.2, 0) is 27.9 Å². The van der Waals surface area contributed by atoms with E-state index in [0.717, 1.165) is 57.8 Å². The second kappa shape index (κ2) is 48.4. The van der Waals surface area contributed by atoms with Gasteiger partial charge in [-0.1, -0.05) is 258 Å². The number of nitrogens with zero attached hydrogens (tertiary/aromatic N) is 1. The number of esters is 1. The van der Waals surface area contributed by atoms with Crippen LogP contribution in [0.15, 0.2) is 12.2 Å². The molecule has 0 aliphatic carbocycles. The largest absolute Gasteiger partial charge is 0.756 e. The van der Waals surface area contributed by atoms with Crippen LogP contribution < -0.4 is 10.2 Å². The van der Waals surface area contributed by atoms with E-state index in [1.807, 2.05) is 33.3 Å². The zero-order valence-corrected chi connectivity index (χ0v) is 46.3. The molecule has 1 amide bonds. The number of ether oxygens (including phenoxy) is 1. The topological polar surface area (TPSA) is 114 Å². The highest BCUT2D eigenvalue weighted by atomic mass is 31.2. The van der Waals surface area contributed by atoms with E-state index in [-0.39, 0.29) is 31.5 Å². The van der Waals surface area contributed by atoms with Crippen LogP contribution in [0.25, 0.3) is 0 Å². The monoisotopic (exact) mass is 969 g/mol. The van der Waals surface area contributed by atoms with Gasteiger partial charge in [-0.05, 0) is 31.8 Å². The number of likely N-dealkylation sites (N-methyl/N-ethyl adjacent to an activating group) is 1. The summed E-state index contributed by atoms with van der Waals surface area (Å²) >= 11 is 0. The Hall–Kier alpha value is -1.25. The Labute approximate surface area is 416 Å². The summed E-state index contributed by atoms with van der Waals surface area (Å²) in [6, 6.07) is -0.877. The number of phosphoric ester groups is 1. The van der Waals surface area contributed by atoms with Gasteiger partial charge in [0, 0.05) is 12.8 Å². The number of allylic oxidation sites excluding steroid dienone is 1. The number of phosphoric acid groups is 1. The third-order valence-electron chi connectivity index (χ3n) is 13.2. The molecule has 9 nitrogen and oxygen atoms in total. The fourth-order valence-electron chi connectivity index (χ4n) is 8.70. The third kappa shape index (κ3) is 49.5. The normalized spacial score (nSPS) is 13.8. The molecule has 0 saturated heterocycles. The lowest BCUT2D eigenvalue weighted by Gasteiger charge is -2.30. The molecule has 398 valence electrons. The van der Waals surface area contributed by atoms with Crippen LogP contribution in [0.4, 0.5) is 0 Å². The van der Waals surface area contributed by atoms with Crippen LogP contribution in [0.1, 0.15) is 290 Å². The van der Waals surface area contributed by atoms with E-state index in [4.69, 9.17) is 13.8 Å². The molecule has 0 aromatic carbocycles. The van der Waals surface area contributed by atoms with E-state index >= 15 is 0 Å². The van der Waals surface area contributed by atoms with Crippen molar-refractivity contribution in [2.45, 2.75) is 303 Å². The van der Waals surface area contributed by atoms with Crippen LogP contribution in [0.3, 0.4) is 0 Å². The number of carbonyl (C=O) groups is 2. The predicted octanol–water partition coefficient (Wildman–Crippen LogP) is 16.6. The molecular weight excluding hydrogens is 856 g/mol. The van der Waals surface area contributed by atoms with Crippen molar-refractivity contribution in [2.75, 3.05) is 40.9 Å². The first kappa shape index (κ1) is 65.8. The number of hydrogen-bond acceptors (Lipinski definition) is 7. The second-order valence-corrected chi connectivity index (χ2v) is 22.6. The Morgan fingerprint density at radius 2 is 0.851 bits per heavy atom. The molecule has 0 aromatic heterocycles. The van der Waals surface area contributed by atoms with Crippen molar-refractivity contribution in [1.82, 2.24) is 5.32 Å². The summed E-state index contributed by atoms with van der Waals surface area (Å²) in [5.74, 6) is -0.523. The minimum atomic E-state index is -4.68. The summed E-state index contributed by atoms with van der Waals surface area (Å²) < 4.78 is 30.2. The highest BCUT2D eigenvalue weighted by molar-refractivity contribution is 7.45. The van der Waals surface area contributed by atoms with E-state index < -0.39 is 20.0 Å². The van der Waals surface area contributed by atoms with E-state index in [1.165, 1.54) is 199 Å². The molecule has 3 atom stereocenters. The van der Waals surface area contributed by atoms with E-state index in [2.05, 4.69) is 26.1 Å². The zero-order valence-electron chi connectivity index (χ0n) is 45.4. The number of quaternary nitrogens is 1. The number of hydrogen-bond donors (Lipinski definition) is 1. The molecule has 0 rings (SSSR count). The molecule has 0 spiro atoms. The smallest absolute Gasteiger partial charge is 0.306 e. The van der Waals surface area contributed by atoms with Crippen LogP contribution >= 0.6 is 7.82 Å². The van der Waals surface area contributed by atoms with Gasteiger partial charge in [0.1, 0.15) is 19.3 Å². The van der Waals surface area contributed by atoms with Gasteiger partial charge in [-0.15, -0.1) is 0 Å². The van der Waals surface area contributed by atoms with Gasteiger partial charge in [0.15, 0.2) is 0 Å². The number of amides is 1. The van der Waals surface area contributed by atoms with Gasteiger partial charge >= 0.3 is 5.97 Å². The van der Waals surface area contributed by atoms with Crippen molar-refractivity contribution in [1.29, 1.82) is 0 Å². The SMILES string of the molecule is CCCCCCCCCCCC/C=C/C(OC(=O)CCCCCCCCCCCCCCCCC)C(COP(=O)([O-])OCC[N+](C)(C)C)NC(=O)CCCCCCCCCCCCCCCC. The van der Waals surface area contributed by atoms with Crippen LogP contribution in [-0.4, -0.2) is 69.4 Å². The van der Waals surface area contributed by atoms with Crippen molar-refractivity contribution in [3.8, 4) is 0 Å². The minimum absolute atomic E-state index is 0.0170. The average molecular weight is 970 g/mol. The lowest BCUT2D eigenvalue weighted by molar-refractivity contribution is -0.870. The molecule has 3 unspecified atom stereocenters. The molecule has 0 fully saturated rings. The molecule has 0 aliphatic heterocycles. The van der Waals surface area contributed by atoms with E-state index in [9.17, 15) is 19.0 Å². The van der Waals surface area contributed by atoms with Crippen LogP contribution in [0, 0.1) is 0 Å². The van der Waals surface area contributed by atoms with E-state index in [0.29, 0.717) is 17.4 Å². The molecule has 67 heavy (non-hydrogen) atoms. The average Bonchev–Trinajstić information content (AvgIpc) is 3.28. The molecule has 1 N–H and O–H groups in total. The predicted molar refractivity (Wildman–Crippen MR) is 284 cm³/mol. The molecule has 0 aromatic rings. The Morgan fingerprint density at radius 3 is 1.22 bits per heavy atom. The first-order chi connectivity index (χ1) is 32.4. The van der Waals surface area contributed by atoms with Gasteiger partial charge in [0.2, 0.25) is 5.91 Å². The maximum atomic E-state index is 13.5. The van der Waals surface area contributed by atoms with Crippen molar-refractivity contribution in [3.05, 3.63) is 12.2 Å². The number of nitrogens with one attached hydrogen (secondary N) is 1. The van der Waals surface area contributed by atoms with Crippen molar-refractivity contribution < 1.29 is 37.3 Å². The van der Waals surface area contributed by atoms with Crippen LogP contribution in [0.2, 0.25) is 0 Å². The van der Waals surface area contributed by atoms with Crippen LogP contribution in [0.5, 0.6) is 0 Å². The molecule has 0 aliphatic rings. The molecule has 10 heteroatoms. The minimum Gasteiger partial charge on any atom is -0.756 e. The summed E-state index contributed by atoms with van der Waals surface area (Å²) in [5, 5.41) is 3.03. The van der Waals surface area contributed by atoms with Gasteiger partial charge in [0.05, 0.1) is 33.8 Å². The lowest BCUT2D eigenvalue weighted by atomic mass is 10.0. The number of carbonyl (C=O) groups excluding carboxylic acids is 2. The molecule has 0 radical (unpaired) electrons. The summed E-state index contributed by atoms with van der Waals surface area (Å²) in [6.45, 7) is 6.88. The van der Waals surface area contributed by atoms with Crippen molar-refractivity contribution in [3.63, 3.8) is 0 Å². The van der Waals surface area contributed by atoms with Gasteiger partial charge in [-0.2, -0.15) is 0 Å². The summed E-state index contributed by atoms with van der Waals surface area (Å²) in [5.41, 5.74) is 0. The zero-order chi connectivity index (χ0) is 49.4. The third-order valence-corrected chi connectivity index (χ3v) is 14.2. The van der Waals surface area contributed by atoms with Crippen molar-refractivity contribution in [2.24, 2.45) is 0 Å². The van der Waals surface area contributed by atoms with Gasteiger partial charge < -0.3 is 28.5 Å². The Bertz CT molecular complexity index is 1160. The highest BCUT2D eigenvalue weighted by Gasteiger charge is 2.27. The first-order valence-corrected chi connectivity index (χ1v) is 30.5. The molecule has 0 saturated carbocycles. The lowest BCUT2D eigenvalue weighted by Crippen LogP contribution is -2.47. The number of unbranched alkanes of at least 4 members (excludes halogenated alkanes) is 37. The van der Waals surface area contributed by atoms with Gasteiger partial charge in [0.25, 0.3) is 7.82 Å². The molecule has 0 heterocycles. The molecular formula is C57H113N2O7P. The molecule has 0 bridgehead atoms. The maximum Gasteiger partial charge on any atom is 0.306 e. The Balaban J connectivity index is 5.31. The quantitative estimate of drug-likeness (QED) is 0.0212. The number of rotatable bonds is 53. The fraction of sp³-hybridized carbons (Fsp3) is 0.930. The Morgan fingerprint density at radius 1 is 0.507 bits per heavy atom. The summed E-state index contributed by atoms with van der Waals surface area (Å²) in [6.07, 6.45) is 53.1. The first-order valence-electron chi connectivity index (χ1n) is 29.0. The highest BCUT2D eigenvalue weighted by Crippen LogP contribution is 2.38. The van der Waals surface area contributed by atoms with Gasteiger partial charge in [-0.3, -0.25) is 14.2 Å². The summed E-state index contributed by atoms with van der Waals surface area (Å²) in [7, 11) is 1.20. The van der Waals surface area contributed by atoms with E-state index in [1.54, 1.807) is 0 Å². The fourth-order valence-corrected chi connectivity index (χ4v) is 9.42. The van der Waals surface area contributed by atoms with Crippen molar-refractivity contribution >= 4 is 19.7 Å². The van der Waals surface area contributed by atoms with Gasteiger partial charge in [-0.25, -0.2) is 0 Å². The Kier molecular flexibility index (Phi) is 47.5.